The van der Waals surface area contributed by atoms with Gasteiger partial charge in [-0.1, -0.05) is 30.3 Å². The van der Waals surface area contributed by atoms with Crippen LogP contribution in [0.3, 0.4) is 0 Å². The molecule has 9 nitrogen and oxygen atoms in total. The van der Waals surface area contributed by atoms with E-state index in [-0.39, 0.29) is 23.6 Å². The normalized spacial score (nSPS) is 10.5. The second-order valence-electron chi connectivity index (χ2n) is 8.00. The monoisotopic (exact) mass is 516 g/mol. The third kappa shape index (κ3) is 5.31. The third-order valence-corrected chi connectivity index (χ3v) is 5.74. The van der Waals surface area contributed by atoms with E-state index in [0.29, 0.717) is 40.7 Å². The second kappa shape index (κ2) is 12.0. The molecular formula is C29H28N2O7. The van der Waals surface area contributed by atoms with Gasteiger partial charge >= 0.3 is 11.9 Å². The number of hydrogen-bond acceptors (Lipinski definition) is 8. The topological polar surface area (TPSA) is 98.1 Å². The number of methoxy groups -OCH3 is 3. The molecule has 0 fully saturated rings. The van der Waals surface area contributed by atoms with Crippen LogP contribution >= 0.6 is 0 Å². The zero-order valence-electron chi connectivity index (χ0n) is 21.6. The van der Waals surface area contributed by atoms with Gasteiger partial charge in [-0.25, -0.2) is 14.3 Å². The lowest BCUT2D eigenvalue weighted by Crippen LogP contribution is -2.15. The zero-order chi connectivity index (χ0) is 27.1. The Bertz CT molecular complexity index is 1430. The van der Waals surface area contributed by atoms with Crippen molar-refractivity contribution in [3.8, 4) is 34.2 Å². The van der Waals surface area contributed by atoms with Gasteiger partial charge in [0.25, 0.3) is 0 Å². The highest BCUT2D eigenvalue weighted by Crippen LogP contribution is 2.34. The molecule has 0 radical (unpaired) electrons. The van der Waals surface area contributed by atoms with Crippen LogP contribution in [0, 0.1) is 0 Å². The van der Waals surface area contributed by atoms with Crippen LogP contribution in [-0.2, 0) is 16.1 Å². The molecule has 0 saturated carbocycles. The summed E-state index contributed by atoms with van der Waals surface area (Å²) in [5.74, 6) is 0.346. The van der Waals surface area contributed by atoms with E-state index in [1.54, 1.807) is 49.6 Å². The largest absolute Gasteiger partial charge is 0.496 e. The van der Waals surface area contributed by atoms with Crippen LogP contribution in [-0.4, -0.2) is 49.7 Å². The van der Waals surface area contributed by atoms with Crippen LogP contribution in [0.25, 0.3) is 16.9 Å². The molecule has 0 amide bonds. The minimum atomic E-state index is -0.724. The van der Waals surface area contributed by atoms with Gasteiger partial charge in [0.05, 0.1) is 33.6 Å². The molecule has 1 heterocycles. The number of carbonyl (C=O) groups excluding carboxylic acids is 2. The van der Waals surface area contributed by atoms with Gasteiger partial charge in [-0.15, -0.1) is 0 Å². The third-order valence-electron chi connectivity index (χ3n) is 5.74. The van der Waals surface area contributed by atoms with Crippen molar-refractivity contribution in [3.63, 3.8) is 0 Å². The van der Waals surface area contributed by atoms with E-state index < -0.39 is 11.9 Å². The molecule has 0 atom stereocenters. The number of rotatable bonds is 10. The summed E-state index contributed by atoms with van der Waals surface area (Å²) < 4.78 is 28.7. The molecule has 38 heavy (non-hydrogen) atoms. The summed E-state index contributed by atoms with van der Waals surface area (Å²) in [6.45, 7) is 2.55. The van der Waals surface area contributed by atoms with Gasteiger partial charge in [0.1, 0.15) is 23.6 Å². The number of ether oxygens (including phenoxy) is 5. The minimum Gasteiger partial charge on any atom is -0.496 e. The molecule has 0 spiro atoms. The first kappa shape index (κ1) is 26.3. The SMILES string of the molecule is CCOc1ccccc1OCc1cc(-c2nn(-c3ccccc3)c(C(=O)OC)c2C(=O)OC)ccc1OC. The number of nitrogens with zero attached hydrogens (tertiary/aromatic N) is 2. The molecule has 0 unspecified atom stereocenters. The molecule has 0 aliphatic heterocycles. The highest BCUT2D eigenvalue weighted by Gasteiger charge is 2.31. The lowest BCUT2D eigenvalue weighted by molar-refractivity contribution is 0.0549. The Morgan fingerprint density at radius 3 is 2.08 bits per heavy atom. The van der Waals surface area contributed by atoms with Gasteiger partial charge in [0.2, 0.25) is 0 Å². The number of benzene rings is 3. The number of esters is 2. The van der Waals surface area contributed by atoms with Crippen LogP contribution in [0.1, 0.15) is 33.3 Å². The Balaban J connectivity index is 1.83. The van der Waals surface area contributed by atoms with E-state index in [2.05, 4.69) is 5.10 Å². The molecule has 3 aromatic carbocycles. The second-order valence-corrected chi connectivity index (χ2v) is 8.00. The molecule has 4 aromatic rings. The molecule has 0 aliphatic carbocycles. The highest BCUT2D eigenvalue weighted by molar-refractivity contribution is 6.06. The van der Waals surface area contributed by atoms with E-state index in [0.717, 1.165) is 0 Å². The fraction of sp³-hybridized carbons (Fsp3) is 0.207. The molecule has 0 bridgehead atoms. The van der Waals surface area contributed by atoms with E-state index in [4.69, 9.17) is 23.7 Å². The van der Waals surface area contributed by atoms with Crippen molar-refractivity contribution in [2.24, 2.45) is 0 Å². The Morgan fingerprint density at radius 2 is 1.45 bits per heavy atom. The summed E-state index contributed by atoms with van der Waals surface area (Å²) in [5.41, 5.74) is 2.03. The Morgan fingerprint density at radius 1 is 0.789 bits per heavy atom. The number of aromatic nitrogens is 2. The molecule has 0 saturated heterocycles. The Hall–Kier alpha value is -4.79. The summed E-state index contributed by atoms with van der Waals surface area (Å²) in [7, 11) is 4.05. The van der Waals surface area contributed by atoms with E-state index in [1.165, 1.54) is 18.9 Å². The Labute approximate surface area is 220 Å². The first-order chi connectivity index (χ1) is 18.5. The van der Waals surface area contributed by atoms with Gasteiger partial charge in [-0.05, 0) is 49.4 Å². The predicted octanol–water partition coefficient (Wildman–Crippen LogP) is 5.10. The highest BCUT2D eigenvalue weighted by atomic mass is 16.5. The first-order valence-electron chi connectivity index (χ1n) is 11.9. The molecular weight excluding hydrogens is 488 g/mol. The molecule has 4 rings (SSSR count). The van der Waals surface area contributed by atoms with Crippen LogP contribution < -0.4 is 14.2 Å². The summed E-state index contributed by atoms with van der Waals surface area (Å²) in [5, 5.41) is 4.66. The summed E-state index contributed by atoms with van der Waals surface area (Å²) >= 11 is 0. The van der Waals surface area contributed by atoms with Gasteiger partial charge in [0, 0.05) is 11.1 Å². The quantitative estimate of drug-likeness (QED) is 0.269. The van der Waals surface area contributed by atoms with E-state index in [1.807, 2.05) is 37.3 Å². The predicted molar refractivity (Wildman–Crippen MR) is 140 cm³/mol. The summed E-state index contributed by atoms with van der Waals surface area (Å²) in [6, 6.07) is 21.7. The maximum Gasteiger partial charge on any atom is 0.357 e. The van der Waals surface area contributed by atoms with Gasteiger partial charge in [-0.3, -0.25) is 0 Å². The van der Waals surface area contributed by atoms with Crippen LogP contribution in [0.15, 0.2) is 72.8 Å². The maximum absolute atomic E-state index is 13.0. The van der Waals surface area contributed by atoms with Crippen molar-refractivity contribution in [2.75, 3.05) is 27.9 Å². The Kier molecular flexibility index (Phi) is 8.27. The van der Waals surface area contributed by atoms with Crippen molar-refractivity contribution in [1.82, 2.24) is 9.78 Å². The molecule has 1 aromatic heterocycles. The molecule has 0 N–H and O–H groups in total. The van der Waals surface area contributed by atoms with Gasteiger partial charge in [-0.2, -0.15) is 5.10 Å². The summed E-state index contributed by atoms with van der Waals surface area (Å²) in [6.07, 6.45) is 0. The van der Waals surface area contributed by atoms with E-state index >= 15 is 0 Å². The fourth-order valence-corrected chi connectivity index (χ4v) is 4.00. The van der Waals surface area contributed by atoms with Gasteiger partial charge < -0.3 is 23.7 Å². The molecule has 196 valence electrons. The summed E-state index contributed by atoms with van der Waals surface area (Å²) in [4.78, 5) is 25.8. The molecule has 9 heteroatoms. The number of hydrogen-bond donors (Lipinski definition) is 0. The fourth-order valence-electron chi connectivity index (χ4n) is 4.00. The molecule has 0 aliphatic rings. The van der Waals surface area contributed by atoms with E-state index in [9.17, 15) is 9.59 Å². The van der Waals surface area contributed by atoms with Gasteiger partial charge in [0.15, 0.2) is 17.2 Å². The number of para-hydroxylation sites is 3. The average Bonchev–Trinajstić information content (AvgIpc) is 3.37. The van der Waals surface area contributed by atoms with Crippen molar-refractivity contribution in [3.05, 3.63) is 89.6 Å². The van der Waals surface area contributed by atoms with Crippen molar-refractivity contribution < 1.29 is 33.3 Å². The van der Waals surface area contributed by atoms with Crippen LogP contribution in [0.4, 0.5) is 0 Å². The number of carbonyl (C=O) groups is 2. The lowest BCUT2D eigenvalue weighted by Gasteiger charge is -2.14. The standard InChI is InChI=1S/C29H28N2O7/c1-5-37-23-13-9-10-14-24(23)38-18-20-17-19(15-16-22(20)34-2)26-25(28(32)35-3)27(29(33)36-4)31(30-26)21-11-7-6-8-12-21/h6-17H,5,18H2,1-4H3. The lowest BCUT2D eigenvalue weighted by atomic mass is 10.0. The van der Waals surface area contributed by atoms with Crippen molar-refractivity contribution in [1.29, 1.82) is 0 Å². The zero-order valence-corrected chi connectivity index (χ0v) is 21.6. The smallest absolute Gasteiger partial charge is 0.357 e. The maximum atomic E-state index is 13.0. The van der Waals surface area contributed by atoms with Crippen LogP contribution in [0.2, 0.25) is 0 Å². The average molecular weight is 517 g/mol. The first-order valence-corrected chi connectivity index (χ1v) is 11.9. The minimum absolute atomic E-state index is 0.0121. The van der Waals surface area contributed by atoms with Crippen molar-refractivity contribution in [2.45, 2.75) is 13.5 Å². The van der Waals surface area contributed by atoms with Crippen LogP contribution in [0.5, 0.6) is 17.2 Å². The van der Waals surface area contributed by atoms with Crippen molar-refractivity contribution >= 4 is 11.9 Å².